The van der Waals surface area contributed by atoms with Crippen molar-refractivity contribution in [3.05, 3.63) is 54.6 Å². The molecule has 0 atom stereocenters. The largest absolute Gasteiger partial charge is 0.492 e. The number of para-hydroxylation sites is 3. The van der Waals surface area contributed by atoms with Crippen LogP contribution in [0.4, 0.5) is 11.4 Å². The maximum Gasteiger partial charge on any atom is 0.241 e. The van der Waals surface area contributed by atoms with E-state index in [0.717, 1.165) is 43.3 Å². The van der Waals surface area contributed by atoms with Gasteiger partial charge in [-0.15, -0.1) is 0 Å². The predicted molar refractivity (Wildman–Crippen MR) is 101 cm³/mol. The van der Waals surface area contributed by atoms with Gasteiger partial charge in [-0.05, 0) is 31.2 Å². The highest BCUT2D eigenvalue weighted by atomic mass is 16.5. The first kappa shape index (κ1) is 17.1. The van der Waals surface area contributed by atoms with Gasteiger partial charge in [-0.3, -0.25) is 4.79 Å². The molecule has 1 aliphatic heterocycles. The fourth-order valence-electron chi connectivity index (χ4n) is 3.04. The molecule has 1 saturated heterocycles. The summed E-state index contributed by atoms with van der Waals surface area (Å²) in [5.74, 6) is 1.05. The Balaban J connectivity index is 1.52. The van der Waals surface area contributed by atoms with Crippen LogP contribution in [-0.4, -0.2) is 50.1 Å². The standard InChI is InChI=1S/C20H25N3O2/c1-2-25-19-11-7-6-10-18(19)22-12-14-23(15-13-22)20(24)16-21-17-8-4-3-5-9-17/h3-11,21H,2,12-16H2,1H3. The van der Waals surface area contributed by atoms with Gasteiger partial charge < -0.3 is 19.9 Å². The van der Waals surface area contributed by atoms with Crippen LogP contribution in [0.5, 0.6) is 5.75 Å². The van der Waals surface area contributed by atoms with E-state index in [1.54, 1.807) is 0 Å². The van der Waals surface area contributed by atoms with Crippen molar-refractivity contribution < 1.29 is 9.53 Å². The summed E-state index contributed by atoms with van der Waals surface area (Å²) in [6.07, 6.45) is 0. The topological polar surface area (TPSA) is 44.8 Å². The van der Waals surface area contributed by atoms with Gasteiger partial charge in [0.1, 0.15) is 5.75 Å². The van der Waals surface area contributed by atoms with Crippen molar-refractivity contribution in [2.45, 2.75) is 6.92 Å². The first-order valence-corrected chi connectivity index (χ1v) is 8.81. The van der Waals surface area contributed by atoms with Crippen molar-refractivity contribution in [3.8, 4) is 5.75 Å². The molecule has 25 heavy (non-hydrogen) atoms. The van der Waals surface area contributed by atoms with Gasteiger partial charge in [-0.25, -0.2) is 0 Å². The van der Waals surface area contributed by atoms with Crippen LogP contribution in [0.25, 0.3) is 0 Å². The van der Waals surface area contributed by atoms with Gasteiger partial charge in [0.05, 0.1) is 18.8 Å². The molecule has 0 aromatic heterocycles. The summed E-state index contributed by atoms with van der Waals surface area (Å²) in [4.78, 5) is 16.6. The second kappa shape index (κ2) is 8.42. The Morgan fingerprint density at radius 3 is 2.40 bits per heavy atom. The minimum atomic E-state index is 0.140. The van der Waals surface area contributed by atoms with Gasteiger partial charge in [-0.2, -0.15) is 0 Å². The van der Waals surface area contributed by atoms with Crippen LogP contribution in [0.3, 0.4) is 0 Å². The number of hydrogen-bond donors (Lipinski definition) is 1. The summed E-state index contributed by atoms with van der Waals surface area (Å²) in [6.45, 7) is 6.08. The molecular weight excluding hydrogens is 314 g/mol. The zero-order valence-electron chi connectivity index (χ0n) is 14.6. The molecule has 1 fully saturated rings. The van der Waals surface area contributed by atoms with E-state index in [1.165, 1.54) is 0 Å². The number of piperazine rings is 1. The molecule has 5 heteroatoms. The van der Waals surface area contributed by atoms with Crippen LogP contribution in [0.1, 0.15) is 6.92 Å². The van der Waals surface area contributed by atoms with Crippen LogP contribution < -0.4 is 15.0 Å². The normalized spacial score (nSPS) is 14.3. The number of carbonyl (C=O) groups excluding carboxylic acids is 1. The van der Waals surface area contributed by atoms with Gasteiger partial charge in [0, 0.05) is 31.9 Å². The molecule has 1 aliphatic rings. The second-order valence-electron chi connectivity index (χ2n) is 5.99. The van der Waals surface area contributed by atoms with Crippen LogP contribution in [0, 0.1) is 0 Å². The number of nitrogens with one attached hydrogen (secondary N) is 1. The second-order valence-corrected chi connectivity index (χ2v) is 5.99. The number of anilines is 2. The molecule has 0 radical (unpaired) electrons. The number of rotatable bonds is 6. The fourth-order valence-corrected chi connectivity index (χ4v) is 3.04. The lowest BCUT2D eigenvalue weighted by molar-refractivity contribution is -0.129. The Morgan fingerprint density at radius 2 is 1.68 bits per heavy atom. The third-order valence-electron chi connectivity index (χ3n) is 4.36. The monoisotopic (exact) mass is 339 g/mol. The van der Waals surface area contributed by atoms with Crippen molar-refractivity contribution in [2.24, 2.45) is 0 Å². The molecule has 0 spiro atoms. The van der Waals surface area contributed by atoms with Crippen LogP contribution >= 0.6 is 0 Å². The molecule has 132 valence electrons. The minimum absolute atomic E-state index is 0.140. The predicted octanol–water partition coefficient (Wildman–Crippen LogP) is 2.85. The van der Waals surface area contributed by atoms with E-state index in [2.05, 4.69) is 16.3 Å². The molecule has 2 aromatic carbocycles. The van der Waals surface area contributed by atoms with Crippen molar-refractivity contribution in [3.63, 3.8) is 0 Å². The lowest BCUT2D eigenvalue weighted by atomic mass is 10.2. The number of amides is 1. The molecule has 0 aliphatic carbocycles. The van der Waals surface area contributed by atoms with Crippen LogP contribution in [0.2, 0.25) is 0 Å². The first-order valence-electron chi connectivity index (χ1n) is 8.81. The van der Waals surface area contributed by atoms with Gasteiger partial charge >= 0.3 is 0 Å². The molecule has 1 amide bonds. The van der Waals surface area contributed by atoms with E-state index >= 15 is 0 Å². The van der Waals surface area contributed by atoms with E-state index in [4.69, 9.17) is 4.74 Å². The molecule has 1 heterocycles. The zero-order chi connectivity index (χ0) is 17.5. The van der Waals surface area contributed by atoms with Gasteiger partial charge in [0.2, 0.25) is 5.91 Å². The van der Waals surface area contributed by atoms with Crippen molar-refractivity contribution in [2.75, 3.05) is 49.5 Å². The SMILES string of the molecule is CCOc1ccccc1N1CCN(C(=O)CNc2ccccc2)CC1. The molecule has 5 nitrogen and oxygen atoms in total. The van der Waals surface area contributed by atoms with E-state index in [-0.39, 0.29) is 5.91 Å². The molecule has 3 rings (SSSR count). The maximum absolute atomic E-state index is 12.4. The average Bonchev–Trinajstić information content (AvgIpc) is 2.68. The Kier molecular flexibility index (Phi) is 5.77. The number of benzene rings is 2. The Labute approximate surface area is 149 Å². The number of nitrogens with zero attached hydrogens (tertiary/aromatic N) is 2. The smallest absolute Gasteiger partial charge is 0.241 e. The Morgan fingerprint density at radius 1 is 1.00 bits per heavy atom. The van der Waals surface area contributed by atoms with Crippen LogP contribution in [0.15, 0.2) is 54.6 Å². The molecule has 0 unspecified atom stereocenters. The molecule has 0 bridgehead atoms. The van der Waals surface area contributed by atoms with Gasteiger partial charge in [0.15, 0.2) is 0 Å². The van der Waals surface area contributed by atoms with E-state index in [1.807, 2.05) is 60.4 Å². The highest BCUT2D eigenvalue weighted by Crippen LogP contribution is 2.28. The molecular formula is C20H25N3O2. The third kappa shape index (κ3) is 4.44. The van der Waals surface area contributed by atoms with E-state index < -0.39 is 0 Å². The maximum atomic E-state index is 12.4. The summed E-state index contributed by atoms with van der Waals surface area (Å²) in [7, 11) is 0. The quantitative estimate of drug-likeness (QED) is 0.879. The molecule has 2 aromatic rings. The van der Waals surface area contributed by atoms with Crippen LogP contribution in [-0.2, 0) is 4.79 Å². The lowest BCUT2D eigenvalue weighted by Gasteiger charge is -2.36. The highest BCUT2D eigenvalue weighted by Gasteiger charge is 2.22. The number of hydrogen-bond acceptors (Lipinski definition) is 4. The summed E-state index contributed by atoms with van der Waals surface area (Å²) in [6, 6.07) is 17.9. The Hall–Kier alpha value is -2.69. The fraction of sp³-hybridized carbons (Fsp3) is 0.350. The average molecular weight is 339 g/mol. The summed E-state index contributed by atoms with van der Waals surface area (Å²) >= 11 is 0. The summed E-state index contributed by atoms with van der Waals surface area (Å²) in [5.41, 5.74) is 2.08. The lowest BCUT2D eigenvalue weighted by Crippen LogP contribution is -2.50. The van der Waals surface area contributed by atoms with Gasteiger partial charge in [0.25, 0.3) is 0 Å². The zero-order valence-corrected chi connectivity index (χ0v) is 14.6. The van der Waals surface area contributed by atoms with E-state index in [0.29, 0.717) is 13.2 Å². The van der Waals surface area contributed by atoms with Gasteiger partial charge in [-0.1, -0.05) is 30.3 Å². The summed E-state index contributed by atoms with van der Waals surface area (Å²) in [5, 5.41) is 3.19. The molecule has 0 saturated carbocycles. The molecule has 1 N–H and O–H groups in total. The van der Waals surface area contributed by atoms with Crippen molar-refractivity contribution in [1.82, 2.24) is 4.90 Å². The first-order chi connectivity index (χ1) is 12.3. The minimum Gasteiger partial charge on any atom is -0.492 e. The van der Waals surface area contributed by atoms with Crippen molar-refractivity contribution >= 4 is 17.3 Å². The number of ether oxygens (including phenoxy) is 1. The third-order valence-corrected chi connectivity index (χ3v) is 4.36. The highest BCUT2D eigenvalue weighted by molar-refractivity contribution is 5.81. The summed E-state index contributed by atoms with van der Waals surface area (Å²) < 4.78 is 5.72. The van der Waals surface area contributed by atoms with E-state index in [9.17, 15) is 4.79 Å². The van der Waals surface area contributed by atoms with Crippen molar-refractivity contribution in [1.29, 1.82) is 0 Å². The number of carbonyl (C=O) groups is 1. The Bertz CT molecular complexity index is 682.